The molecule has 2 heterocycles. The van der Waals surface area contributed by atoms with Crippen LogP contribution in [-0.2, 0) is 0 Å². The van der Waals surface area contributed by atoms with Gasteiger partial charge in [-0.25, -0.2) is 15.8 Å². The Morgan fingerprint density at radius 1 is 1.33 bits per heavy atom. The monoisotopic (exact) mass is 292 g/mol. The van der Waals surface area contributed by atoms with Gasteiger partial charge in [-0.15, -0.1) is 0 Å². The summed E-state index contributed by atoms with van der Waals surface area (Å²) in [6, 6.07) is 0.598. The van der Waals surface area contributed by atoms with Gasteiger partial charge in [-0.05, 0) is 32.9 Å². The summed E-state index contributed by atoms with van der Waals surface area (Å²) in [5.41, 5.74) is 3.65. The van der Waals surface area contributed by atoms with Crippen LogP contribution in [0.1, 0.15) is 50.9 Å². The molecule has 118 valence electrons. The van der Waals surface area contributed by atoms with E-state index < -0.39 is 0 Å². The lowest BCUT2D eigenvalue weighted by molar-refractivity contribution is 0.277. The first kappa shape index (κ1) is 16.0. The predicted molar refractivity (Wildman–Crippen MR) is 87.4 cm³/mol. The van der Waals surface area contributed by atoms with E-state index in [0.717, 1.165) is 30.3 Å². The highest BCUT2D eigenvalue weighted by Crippen LogP contribution is 2.23. The fourth-order valence-electron chi connectivity index (χ4n) is 2.86. The number of hydrogen-bond donors (Lipinski definition) is 3. The molecule has 1 aliphatic rings. The van der Waals surface area contributed by atoms with Crippen LogP contribution in [0.15, 0.2) is 0 Å². The zero-order valence-electron chi connectivity index (χ0n) is 13.6. The number of likely N-dealkylation sites (tertiary alicyclic amines) is 1. The van der Waals surface area contributed by atoms with Crippen LogP contribution in [0, 0.1) is 6.92 Å². The molecule has 1 unspecified atom stereocenters. The van der Waals surface area contributed by atoms with Crippen molar-refractivity contribution < 1.29 is 0 Å². The van der Waals surface area contributed by atoms with E-state index in [1.54, 1.807) is 0 Å². The number of aromatic nitrogens is 2. The molecule has 0 bridgehead atoms. The highest BCUT2D eigenvalue weighted by atomic mass is 15.3. The fourth-order valence-corrected chi connectivity index (χ4v) is 2.86. The van der Waals surface area contributed by atoms with E-state index in [0.29, 0.717) is 11.9 Å². The molecule has 0 spiro atoms. The third kappa shape index (κ3) is 3.63. The molecule has 0 amide bonds. The van der Waals surface area contributed by atoms with Gasteiger partial charge in [0.15, 0.2) is 0 Å². The average molecular weight is 292 g/mol. The zero-order valence-corrected chi connectivity index (χ0v) is 13.6. The summed E-state index contributed by atoms with van der Waals surface area (Å²) in [5.74, 6) is 8.26. The highest BCUT2D eigenvalue weighted by molar-refractivity contribution is 5.57. The molecule has 21 heavy (non-hydrogen) atoms. The van der Waals surface area contributed by atoms with Crippen LogP contribution in [0.4, 0.5) is 11.6 Å². The van der Waals surface area contributed by atoms with Crippen molar-refractivity contribution in [3.63, 3.8) is 0 Å². The lowest BCUT2D eigenvalue weighted by Gasteiger charge is -2.24. The Hall–Kier alpha value is -1.40. The minimum Gasteiger partial charge on any atom is -0.368 e. The van der Waals surface area contributed by atoms with Crippen molar-refractivity contribution in [3.8, 4) is 0 Å². The van der Waals surface area contributed by atoms with Gasteiger partial charge in [0.1, 0.15) is 17.5 Å². The quantitative estimate of drug-likeness (QED) is 0.550. The van der Waals surface area contributed by atoms with Gasteiger partial charge in [-0.3, -0.25) is 4.90 Å². The van der Waals surface area contributed by atoms with E-state index in [4.69, 9.17) is 5.84 Å². The summed E-state index contributed by atoms with van der Waals surface area (Å²) >= 11 is 0. The molecular weight excluding hydrogens is 264 g/mol. The molecule has 1 atom stereocenters. The molecule has 1 saturated heterocycles. The van der Waals surface area contributed by atoms with Gasteiger partial charge in [0, 0.05) is 24.1 Å². The van der Waals surface area contributed by atoms with E-state index in [1.165, 1.54) is 19.4 Å². The smallest absolute Gasteiger partial charge is 0.148 e. The van der Waals surface area contributed by atoms with Gasteiger partial charge in [-0.1, -0.05) is 20.8 Å². The van der Waals surface area contributed by atoms with Gasteiger partial charge in [0.25, 0.3) is 0 Å². The molecule has 1 aliphatic heterocycles. The number of hydrogen-bond acceptors (Lipinski definition) is 6. The van der Waals surface area contributed by atoms with Crippen molar-refractivity contribution in [3.05, 3.63) is 11.4 Å². The molecule has 0 saturated carbocycles. The minimum atomic E-state index is 0.275. The van der Waals surface area contributed by atoms with E-state index >= 15 is 0 Å². The largest absolute Gasteiger partial charge is 0.368 e. The summed E-state index contributed by atoms with van der Waals surface area (Å²) in [6.45, 7) is 11.6. The maximum absolute atomic E-state index is 5.57. The normalized spacial score (nSPS) is 19.2. The predicted octanol–water partition coefficient (Wildman–Crippen LogP) is 2.09. The van der Waals surface area contributed by atoms with Crippen LogP contribution >= 0.6 is 0 Å². The van der Waals surface area contributed by atoms with Crippen LogP contribution < -0.4 is 16.6 Å². The topological polar surface area (TPSA) is 79.1 Å². The van der Waals surface area contributed by atoms with Gasteiger partial charge in [-0.2, -0.15) is 0 Å². The Morgan fingerprint density at radius 2 is 2.05 bits per heavy atom. The van der Waals surface area contributed by atoms with Crippen LogP contribution in [0.2, 0.25) is 0 Å². The number of nitrogens with one attached hydrogen (secondary N) is 2. The van der Waals surface area contributed by atoms with Gasteiger partial charge in [0.05, 0.1) is 0 Å². The van der Waals surface area contributed by atoms with Crippen molar-refractivity contribution in [2.24, 2.45) is 5.84 Å². The second-order valence-electron chi connectivity index (χ2n) is 6.01. The Morgan fingerprint density at radius 3 is 2.67 bits per heavy atom. The third-order valence-corrected chi connectivity index (χ3v) is 4.23. The Kier molecular flexibility index (Phi) is 5.36. The van der Waals surface area contributed by atoms with Crippen LogP contribution in [0.25, 0.3) is 0 Å². The van der Waals surface area contributed by atoms with Gasteiger partial charge < -0.3 is 10.7 Å². The summed E-state index contributed by atoms with van der Waals surface area (Å²) < 4.78 is 0. The van der Waals surface area contributed by atoms with Gasteiger partial charge in [0.2, 0.25) is 0 Å². The highest BCUT2D eigenvalue weighted by Gasteiger charge is 2.23. The molecular formula is C15H28N6. The summed E-state index contributed by atoms with van der Waals surface area (Å²) in [4.78, 5) is 11.6. The van der Waals surface area contributed by atoms with E-state index in [2.05, 4.69) is 46.4 Å². The molecule has 4 N–H and O–H groups in total. The Bertz CT molecular complexity index is 473. The van der Waals surface area contributed by atoms with E-state index in [9.17, 15) is 0 Å². The summed E-state index contributed by atoms with van der Waals surface area (Å²) in [6.07, 6.45) is 2.54. The third-order valence-electron chi connectivity index (χ3n) is 4.23. The number of likely N-dealkylation sites (N-methyl/N-ethyl adjacent to an activating group) is 1. The molecule has 1 aromatic heterocycles. The molecule has 1 aromatic rings. The van der Waals surface area contributed by atoms with Crippen LogP contribution in [-0.4, -0.2) is 40.5 Å². The fraction of sp³-hybridized carbons (Fsp3) is 0.733. The van der Waals surface area contributed by atoms with Crippen molar-refractivity contribution in [2.75, 3.05) is 30.4 Å². The Labute approximate surface area is 127 Å². The summed E-state index contributed by atoms with van der Waals surface area (Å²) in [5, 5.41) is 3.50. The standard InChI is InChI=1S/C15H28N6/c1-5-21-8-6-7-12(21)9-17-14-11(4)15(20-16)19-13(18-14)10(2)3/h10,12H,5-9,16H2,1-4H3,(H2,17,18,19,20). The van der Waals surface area contributed by atoms with Crippen molar-refractivity contribution >= 4 is 11.6 Å². The SMILES string of the molecule is CCN1CCCC1CNc1nc(C(C)C)nc(NN)c1C. The molecule has 6 heteroatoms. The number of rotatable bonds is 6. The average Bonchev–Trinajstić information content (AvgIpc) is 2.93. The number of nitrogens with two attached hydrogens (primary N) is 1. The maximum atomic E-state index is 5.57. The lowest BCUT2D eigenvalue weighted by Crippen LogP contribution is -2.35. The summed E-state index contributed by atoms with van der Waals surface area (Å²) in [7, 11) is 0. The molecule has 0 aliphatic carbocycles. The van der Waals surface area contributed by atoms with Crippen LogP contribution in [0.5, 0.6) is 0 Å². The van der Waals surface area contributed by atoms with E-state index in [-0.39, 0.29) is 5.92 Å². The first-order valence-electron chi connectivity index (χ1n) is 7.89. The lowest BCUT2D eigenvalue weighted by atomic mass is 10.2. The first-order chi connectivity index (χ1) is 10.1. The molecule has 6 nitrogen and oxygen atoms in total. The first-order valence-corrected chi connectivity index (χ1v) is 7.89. The molecule has 1 fully saturated rings. The van der Waals surface area contributed by atoms with Crippen molar-refractivity contribution in [1.82, 2.24) is 14.9 Å². The second-order valence-corrected chi connectivity index (χ2v) is 6.01. The molecule has 0 radical (unpaired) electrons. The zero-order chi connectivity index (χ0) is 15.4. The van der Waals surface area contributed by atoms with Crippen molar-refractivity contribution in [2.45, 2.75) is 52.5 Å². The van der Waals surface area contributed by atoms with Gasteiger partial charge >= 0.3 is 0 Å². The van der Waals surface area contributed by atoms with Crippen molar-refractivity contribution in [1.29, 1.82) is 0 Å². The second kappa shape index (κ2) is 7.04. The van der Waals surface area contributed by atoms with E-state index in [1.807, 2.05) is 6.92 Å². The van der Waals surface area contributed by atoms with Crippen LogP contribution in [0.3, 0.4) is 0 Å². The molecule has 0 aromatic carbocycles. The number of hydrazine groups is 1. The molecule has 2 rings (SSSR count). The number of anilines is 2. The maximum Gasteiger partial charge on any atom is 0.148 e. The number of nitrogen functional groups attached to an aromatic ring is 1. The Balaban J connectivity index is 2.13. The number of nitrogens with zero attached hydrogens (tertiary/aromatic N) is 3. The minimum absolute atomic E-state index is 0.275.